The van der Waals surface area contributed by atoms with Crippen LogP contribution in [0, 0.1) is 5.82 Å². The summed E-state index contributed by atoms with van der Waals surface area (Å²) in [6, 6.07) is 11.0. The Morgan fingerprint density at radius 2 is 2.09 bits per heavy atom. The van der Waals surface area contributed by atoms with Crippen LogP contribution in [-0.2, 0) is 6.54 Å². The van der Waals surface area contributed by atoms with E-state index in [9.17, 15) is 9.18 Å². The highest BCUT2D eigenvalue weighted by molar-refractivity contribution is 5.94. The van der Waals surface area contributed by atoms with Gasteiger partial charge in [-0.25, -0.2) is 4.39 Å². The summed E-state index contributed by atoms with van der Waals surface area (Å²) < 4.78 is 23.8. The van der Waals surface area contributed by atoms with Crippen LogP contribution in [0.25, 0.3) is 0 Å². The number of amides is 1. The van der Waals surface area contributed by atoms with Crippen molar-refractivity contribution in [3.63, 3.8) is 0 Å². The summed E-state index contributed by atoms with van der Waals surface area (Å²) in [7, 11) is 1.50. The average molecular weight is 315 g/mol. The molecule has 0 radical (unpaired) electrons. The zero-order valence-electron chi connectivity index (χ0n) is 12.8. The number of halogens is 1. The number of ether oxygens (including phenoxy) is 2. The predicted octanol–water partition coefficient (Wildman–Crippen LogP) is 3.33. The Kier molecular flexibility index (Phi) is 5.74. The number of methoxy groups -OCH3 is 1. The lowest BCUT2D eigenvalue weighted by Gasteiger charge is -2.11. The summed E-state index contributed by atoms with van der Waals surface area (Å²) in [5, 5.41) is 2.74. The van der Waals surface area contributed by atoms with Crippen molar-refractivity contribution in [2.45, 2.75) is 6.54 Å². The van der Waals surface area contributed by atoms with Crippen LogP contribution in [0.15, 0.2) is 55.1 Å². The van der Waals surface area contributed by atoms with E-state index in [-0.39, 0.29) is 18.3 Å². The van der Waals surface area contributed by atoms with Crippen molar-refractivity contribution < 1.29 is 18.7 Å². The lowest BCUT2D eigenvalue weighted by atomic mass is 10.1. The number of carbonyl (C=O) groups excluding carboxylic acids is 1. The van der Waals surface area contributed by atoms with E-state index in [2.05, 4.69) is 11.9 Å². The van der Waals surface area contributed by atoms with Crippen molar-refractivity contribution in [1.82, 2.24) is 5.32 Å². The first kappa shape index (κ1) is 16.5. The molecule has 0 saturated carbocycles. The lowest BCUT2D eigenvalue weighted by molar-refractivity contribution is 0.0950. The fourth-order valence-corrected chi connectivity index (χ4v) is 2.01. The molecule has 23 heavy (non-hydrogen) atoms. The Hall–Kier alpha value is -2.82. The number of hydrogen-bond donors (Lipinski definition) is 1. The molecule has 0 atom stereocenters. The molecular formula is C18H18FNO3. The van der Waals surface area contributed by atoms with Crippen molar-refractivity contribution in [3.8, 4) is 11.5 Å². The Bertz CT molecular complexity index is 700. The molecule has 0 aromatic heterocycles. The lowest BCUT2D eigenvalue weighted by Crippen LogP contribution is -2.22. The van der Waals surface area contributed by atoms with Crippen LogP contribution in [0.5, 0.6) is 11.5 Å². The van der Waals surface area contributed by atoms with E-state index >= 15 is 0 Å². The van der Waals surface area contributed by atoms with Crippen molar-refractivity contribution in [2.24, 2.45) is 0 Å². The Morgan fingerprint density at radius 1 is 1.26 bits per heavy atom. The van der Waals surface area contributed by atoms with E-state index in [4.69, 9.17) is 9.47 Å². The molecule has 4 nitrogen and oxygen atoms in total. The molecule has 0 unspecified atom stereocenters. The van der Waals surface area contributed by atoms with Gasteiger partial charge in [-0.2, -0.15) is 0 Å². The third-order valence-corrected chi connectivity index (χ3v) is 3.12. The number of carbonyl (C=O) groups is 1. The third kappa shape index (κ3) is 4.57. The topological polar surface area (TPSA) is 47.6 Å². The van der Waals surface area contributed by atoms with Gasteiger partial charge in [-0.1, -0.05) is 24.8 Å². The van der Waals surface area contributed by atoms with Crippen LogP contribution in [0.2, 0.25) is 0 Å². The molecule has 0 bridgehead atoms. The summed E-state index contributed by atoms with van der Waals surface area (Å²) >= 11 is 0. The fourth-order valence-electron chi connectivity index (χ4n) is 2.01. The maximum atomic E-state index is 13.1. The molecule has 120 valence electrons. The highest BCUT2D eigenvalue weighted by Gasteiger charge is 2.11. The number of rotatable bonds is 7. The monoisotopic (exact) mass is 315 g/mol. The number of hydrogen-bond acceptors (Lipinski definition) is 3. The van der Waals surface area contributed by atoms with Crippen LogP contribution < -0.4 is 14.8 Å². The minimum Gasteiger partial charge on any atom is -0.493 e. The van der Waals surface area contributed by atoms with Gasteiger partial charge in [-0.05, 0) is 35.9 Å². The molecule has 2 aromatic carbocycles. The maximum absolute atomic E-state index is 13.1. The molecule has 0 spiro atoms. The van der Waals surface area contributed by atoms with Crippen molar-refractivity contribution in [2.75, 3.05) is 13.7 Å². The maximum Gasteiger partial charge on any atom is 0.251 e. The minimum atomic E-state index is -0.331. The Morgan fingerprint density at radius 3 is 2.78 bits per heavy atom. The molecule has 0 aliphatic carbocycles. The average Bonchev–Trinajstić information content (AvgIpc) is 2.57. The largest absolute Gasteiger partial charge is 0.493 e. The van der Waals surface area contributed by atoms with Crippen LogP contribution in [0.3, 0.4) is 0 Å². The first-order valence-corrected chi connectivity index (χ1v) is 7.08. The van der Waals surface area contributed by atoms with E-state index in [0.717, 1.165) is 0 Å². The zero-order chi connectivity index (χ0) is 16.7. The van der Waals surface area contributed by atoms with E-state index < -0.39 is 0 Å². The summed E-state index contributed by atoms with van der Waals surface area (Å²) in [4.78, 5) is 12.2. The van der Waals surface area contributed by atoms with Gasteiger partial charge in [-0.15, -0.1) is 0 Å². The van der Waals surface area contributed by atoms with Gasteiger partial charge in [0.15, 0.2) is 11.5 Å². The quantitative estimate of drug-likeness (QED) is 0.797. The van der Waals surface area contributed by atoms with Gasteiger partial charge >= 0.3 is 0 Å². The molecule has 1 N–H and O–H groups in total. The molecule has 0 saturated heterocycles. The molecule has 0 fully saturated rings. The third-order valence-electron chi connectivity index (χ3n) is 3.12. The fraction of sp³-hybridized carbons (Fsp3) is 0.167. The summed E-state index contributed by atoms with van der Waals surface area (Å²) in [6.07, 6.45) is 1.62. The number of benzene rings is 2. The van der Waals surface area contributed by atoms with Gasteiger partial charge in [-0.3, -0.25) is 4.79 Å². The zero-order valence-corrected chi connectivity index (χ0v) is 12.8. The molecule has 0 aliphatic rings. The van der Waals surface area contributed by atoms with Gasteiger partial charge in [0, 0.05) is 12.1 Å². The molecule has 0 heterocycles. The standard InChI is InChI=1S/C18H18FNO3/c1-3-9-23-16-8-7-14(11-17(16)22-2)18(21)20-12-13-5-4-6-15(19)10-13/h3-8,10-11H,1,9,12H2,2H3,(H,20,21). The van der Waals surface area contributed by atoms with Crippen LogP contribution in [0.4, 0.5) is 4.39 Å². The van der Waals surface area contributed by atoms with Crippen molar-refractivity contribution >= 4 is 5.91 Å². The summed E-state index contributed by atoms with van der Waals surface area (Å²) in [5.74, 6) is 0.393. The van der Waals surface area contributed by atoms with Crippen LogP contribution in [-0.4, -0.2) is 19.6 Å². The first-order valence-electron chi connectivity index (χ1n) is 7.08. The van der Waals surface area contributed by atoms with Crippen LogP contribution in [0.1, 0.15) is 15.9 Å². The highest BCUT2D eigenvalue weighted by atomic mass is 19.1. The van der Waals surface area contributed by atoms with E-state index in [1.54, 1.807) is 36.4 Å². The second kappa shape index (κ2) is 7.98. The minimum absolute atomic E-state index is 0.244. The van der Waals surface area contributed by atoms with Gasteiger partial charge in [0.2, 0.25) is 0 Å². The van der Waals surface area contributed by atoms with Gasteiger partial charge in [0.05, 0.1) is 7.11 Å². The molecule has 5 heteroatoms. The molecule has 2 rings (SSSR count). The normalized spacial score (nSPS) is 10.0. The van der Waals surface area contributed by atoms with Crippen molar-refractivity contribution in [3.05, 3.63) is 72.1 Å². The van der Waals surface area contributed by atoms with Crippen LogP contribution >= 0.6 is 0 Å². The second-order valence-electron chi connectivity index (χ2n) is 4.78. The van der Waals surface area contributed by atoms with Gasteiger partial charge in [0.25, 0.3) is 5.91 Å². The molecule has 2 aromatic rings. The molecule has 0 aliphatic heterocycles. The smallest absolute Gasteiger partial charge is 0.251 e. The van der Waals surface area contributed by atoms with E-state index in [1.807, 2.05) is 0 Å². The van der Waals surface area contributed by atoms with E-state index in [1.165, 1.54) is 19.2 Å². The Labute approximate surface area is 134 Å². The second-order valence-corrected chi connectivity index (χ2v) is 4.78. The number of nitrogens with one attached hydrogen (secondary N) is 1. The van der Waals surface area contributed by atoms with Crippen molar-refractivity contribution in [1.29, 1.82) is 0 Å². The Balaban J connectivity index is 2.05. The van der Waals surface area contributed by atoms with Gasteiger partial charge < -0.3 is 14.8 Å². The molecular weight excluding hydrogens is 297 g/mol. The van der Waals surface area contributed by atoms with Gasteiger partial charge in [0.1, 0.15) is 12.4 Å². The first-order chi connectivity index (χ1) is 11.1. The molecule has 1 amide bonds. The summed E-state index contributed by atoms with van der Waals surface area (Å²) in [5.41, 5.74) is 1.13. The summed E-state index contributed by atoms with van der Waals surface area (Å²) in [6.45, 7) is 4.17. The SMILES string of the molecule is C=CCOc1ccc(C(=O)NCc2cccc(F)c2)cc1OC. The predicted molar refractivity (Wildman–Crippen MR) is 86.3 cm³/mol. The van der Waals surface area contributed by atoms with E-state index in [0.29, 0.717) is 29.2 Å². The highest BCUT2D eigenvalue weighted by Crippen LogP contribution is 2.28.